The number of nitrogens with zero attached hydrogens (tertiary/aromatic N) is 2. The molecular weight excluding hydrogens is 342 g/mol. The predicted molar refractivity (Wildman–Crippen MR) is 93.3 cm³/mol. The molecule has 1 aliphatic heterocycles. The highest BCUT2D eigenvalue weighted by Crippen LogP contribution is 2.40. The van der Waals surface area contributed by atoms with Crippen LogP contribution in [0.25, 0.3) is 0 Å². The normalized spacial score (nSPS) is 16.6. The molecule has 0 radical (unpaired) electrons. The summed E-state index contributed by atoms with van der Waals surface area (Å²) in [5, 5.41) is 1.02. The highest BCUT2D eigenvalue weighted by Gasteiger charge is 2.35. The highest BCUT2D eigenvalue weighted by molar-refractivity contribution is 8.00. The van der Waals surface area contributed by atoms with Crippen LogP contribution in [0.4, 0.5) is 0 Å². The molecule has 1 unspecified atom stereocenters. The number of hydrogen-bond acceptors (Lipinski definition) is 6. The fourth-order valence-electron chi connectivity index (χ4n) is 2.48. The second-order valence-electron chi connectivity index (χ2n) is 5.22. The third-order valence-corrected chi connectivity index (χ3v) is 4.94. The van der Waals surface area contributed by atoms with Crippen molar-refractivity contribution in [2.24, 2.45) is 0 Å². The van der Waals surface area contributed by atoms with Crippen LogP contribution in [-0.4, -0.2) is 41.8 Å². The smallest absolute Gasteiger partial charge is 0.270 e. The molecule has 1 atom stereocenters. The number of rotatable bonds is 5. The number of nitrogens with one attached hydrogen (secondary N) is 1. The molecule has 0 spiro atoms. The number of thioether (sulfide) groups is 1. The summed E-state index contributed by atoms with van der Waals surface area (Å²) in [6, 6.07) is 8.62. The summed E-state index contributed by atoms with van der Waals surface area (Å²) in [6.07, 6.45) is 3.06. The fraction of sp³-hybridized carbons (Fsp3) is 0.235. The summed E-state index contributed by atoms with van der Waals surface area (Å²) in [4.78, 5) is 28.5. The van der Waals surface area contributed by atoms with E-state index in [2.05, 4.69) is 10.4 Å². The summed E-state index contributed by atoms with van der Waals surface area (Å²) in [7, 11) is 3.12. The molecule has 7 nitrogen and oxygen atoms in total. The molecule has 1 aliphatic rings. The Kier molecular flexibility index (Phi) is 5.08. The Morgan fingerprint density at radius 3 is 2.60 bits per heavy atom. The molecule has 0 saturated carbocycles. The van der Waals surface area contributed by atoms with E-state index in [0.717, 1.165) is 5.56 Å². The molecule has 25 heavy (non-hydrogen) atoms. The first kappa shape index (κ1) is 17.1. The number of hydrazine groups is 1. The molecule has 1 N–H and O–H groups in total. The Morgan fingerprint density at radius 2 is 1.92 bits per heavy atom. The largest absolute Gasteiger partial charge is 0.493 e. The van der Waals surface area contributed by atoms with Crippen molar-refractivity contribution in [1.82, 2.24) is 15.4 Å². The van der Waals surface area contributed by atoms with Crippen molar-refractivity contribution >= 4 is 23.6 Å². The first-order chi connectivity index (χ1) is 12.1. The van der Waals surface area contributed by atoms with Crippen molar-refractivity contribution in [1.29, 1.82) is 0 Å². The van der Waals surface area contributed by atoms with Crippen molar-refractivity contribution in [3.05, 3.63) is 53.9 Å². The summed E-state index contributed by atoms with van der Waals surface area (Å²) in [5.74, 6) is 0.944. The average Bonchev–Trinajstić information content (AvgIpc) is 3.02. The van der Waals surface area contributed by atoms with E-state index < -0.39 is 0 Å². The van der Waals surface area contributed by atoms with Gasteiger partial charge in [-0.2, -0.15) is 0 Å². The third-order valence-electron chi connectivity index (χ3n) is 3.73. The highest BCUT2D eigenvalue weighted by atomic mass is 32.2. The fourth-order valence-corrected chi connectivity index (χ4v) is 3.57. The van der Waals surface area contributed by atoms with Crippen LogP contribution in [0, 0.1) is 0 Å². The molecule has 2 amide bonds. The molecule has 2 aromatic rings. The number of ether oxygens (including phenoxy) is 2. The number of carbonyl (C=O) groups excluding carboxylic acids is 2. The molecule has 0 bridgehead atoms. The lowest BCUT2D eigenvalue weighted by Gasteiger charge is -2.25. The predicted octanol–water partition coefficient (Wildman–Crippen LogP) is 2.02. The summed E-state index contributed by atoms with van der Waals surface area (Å²) in [6.45, 7) is 0. The van der Waals surface area contributed by atoms with Crippen LogP contribution in [0.5, 0.6) is 11.5 Å². The number of hydrogen-bond donors (Lipinski definition) is 1. The molecule has 1 saturated heterocycles. The molecule has 130 valence electrons. The van der Waals surface area contributed by atoms with Crippen LogP contribution < -0.4 is 14.9 Å². The molecule has 2 heterocycles. The molecule has 0 aliphatic carbocycles. The summed E-state index contributed by atoms with van der Waals surface area (Å²) < 4.78 is 10.6. The van der Waals surface area contributed by atoms with Crippen LogP contribution in [0.2, 0.25) is 0 Å². The summed E-state index contributed by atoms with van der Waals surface area (Å²) >= 11 is 1.43. The number of methoxy groups -OCH3 is 2. The Morgan fingerprint density at radius 1 is 1.20 bits per heavy atom. The maximum absolute atomic E-state index is 12.4. The van der Waals surface area contributed by atoms with E-state index in [-0.39, 0.29) is 22.9 Å². The second-order valence-corrected chi connectivity index (χ2v) is 6.29. The average molecular weight is 359 g/mol. The first-order valence-corrected chi connectivity index (χ1v) is 8.55. The quantitative estimate of drug-likeness (QED) is 0.880. The van der Waals surface area contributed by atoms with Gasteiger partial charge < -0.3 is 9.47 Å². The van der Waals surface area contributed by atoms with Gasteiger partial charge in [-0.3, -0.25) is 20.0 Å². The maximum atomic E-state index is 12.4. The number of pyridine rings is 1. The van der Waals surface area contributed by atoms with Crippen LogP contribution in [0.3, 0.4) is 0 Å². The molecule has 3 rings (SSSR count). The lowest BCUT2D eigenvalue weighted by atomic mass is 10.2. The minimum absolute atomic E-state index is 0.160. The number of carbonyl (C=O) groups is 2. The SMILES string of the molecule is COc1ccc(C2SCC(=O)N2NC(=O)c2ccncc2)cc1OC. The van der Waals surface area contributed by atoms with E-state index in [1.165, 1.54) is 29.2 Å². The van der Waals surface area contributed by atoms with Gasteiger partial charge in [-0.1, -0.05) is 6.07 Å². The van der Waals surface area contributed by atoms with Crippen molar-refractivity contribution in [3.8, 4) is 11.5 Å². The zero-order valence-electron chi connectivity index (χ0n) is 13.8. The summed E-state index contributed by atoms with van der Waals surface area (Å²) in [5.41, 5.74) is 3.96. The maximum Gasteiger partial charge on any atom is 0.270 e. The van der Waals surface area contributed by atoms with Gasteiger partial charge in [0.25, 0.3) is 11.8 Å². The first-order valence-electron chi connectivity index (χ1n) is 7.50. The van der Waals surface area contributed by atoms with Crippen molar-refractivity contribution < 1.29 is 19.1 Å². The third kappa shape index (κ3) is 3.53. The van der Waals surface area contributed by atoms with Gasteiger partial charge in [0.15, 0.2) is 11.5 Å². The van der Waals surface area contributed by atoms with Gasteiger partial charge in [0.05, 0.1) is 20.0 Å². The standard InChI is InChI=1S/C17H17N3O4S/c1-23-13-4-3-12(9-14(13)24-2)17-20(15(21)10-25-17)19-16(22)11-5-7-18-8-6-11/h3-9,17H,10H2,1-2H3,(H,19,22). The van der Waals surface area contributed by atoms with Gasteiger partial charge in [0, 0.05) is 18.0 Å². The second kappa shape index (κ2) is 7.43. The number of benzene rings is 1. The van der Waals surface area contributed by atoms with Gasteiger partial charge in [0.1, 0.15) is 5.37 Å². The Balaban J connectivity index is 1.83. The topological polar surface area (TPSA) is 80.8 Å². The van der Waals surface area contributed by atoms with E-state index in [1.54, 1.807) is 38.5 Å². The van der Waals surface area contributed by atoms with E-state index in [9.17, 15) is 9.59 Å². The van der Waals surface area contributed by atoms with Crippen molar-refractivity contribution in [2.45, 2.75) is 5.37 Å². The van der Waals surface area contributed by atoms with Gasteiger partial charge in [-0.05, 0) is 29.8 Å². The molecule has 1 aromatic carbocycles. The monoisotopic (exact) mass is 359 g/mol. The Labute approximate surface area is 149 Å². The molecule has 1 fully saturated rings. The van der Waals surface area contributed by atoms with Gasteiger partial charge >= 0.3 is 0 Å². The zero-order valence-corrected chi connectivity index (χ0v) is 14.6. The lowest BCUT2D eigenvalue weighted by Crippen LogP contribution is -2.44. The molecular formula is C17H17N3O4S. The number of amides is 2. The number of aromatic nitrogens is 1. The lowest BCUT2D eigenvalue weighted by molar-refractivity contribution is -0.130. The Bertz CT molecular complexity index is 785. The van der Waals surface area contributed by atoms with Gasteiger partial charge in [-0.15, -0.1) is 11.8 Å². The van der Waals surface area contributed by atoms with Crippen LogP contribution in [-0.2, 0) is 4.79 Å². The Hall–Kier alpha value is -2.74. The minimum atomic E-state index is -0.358. The van der Waals surface area contributed by atoms with Crippen molar-refractivity contribution in [2.75, 3.05) is 20.0 Å². The van der Waals surface area contributed by atoms with Crippen LogP contribution in [0.1, 0.15) is 21.3 Å². The zero-order chi connectivity index (χ0) is 17.8. The van der Waals surface area contributed by atoms with Gasteiger partial charge in [0.2, 0.25) is 0 Å². The van der Waals surface area contributed by atoms with Crippen molar-refractivity contribution in [3.63, 3.8) is 0 Å². The molecule has 1 aromatic heterocycles. The van der Waals surface area contributed by atoms with Crippen LogP contribution in [0.15, 0.2) is 42.7 Å². The minimum Gasteiger partial charge on any atom is -0.493 e. The van der Waals surface area contributed by atoms with E-state index in [1.807, 2.05) is 6.07 Å². The van der Waals surface area contributed by atoms with Gasteiger partial charge in [-0.25, -0.2) is 5.01 Å². The van der Waals surface area contributed by atoms with Crippen LogP contribution >= 0.6 is 11.8 Å². The van der Waals surface area contributed by atoms with E-state index in [4.69, 9.17) is 9.47 Å². The van der Waals surface area contributed by atoms with E-state index in [0.29, 0.717) is 17.1 Å². The van der Waals surface area contributed by atoms with E-state index >= 15 is 0 Å². The molecule has 8 heteroatoms.